The number of hydrogen-bond donors (Lipinski definition) is 1. The van der Waals surface area contributed by atoms with Crippen molar-refractivity contribution in [3.8, 4) is 5.75 Å². The number of carbonyl (C=O) groups excluding carboxylic acids is 2. The Kier molecular flexibility index (Phi) is 10.7. The van der Waals surface area contributed by atoms with Gasteiger partial charge in [-0.2, -0.15) is 0 Å². The van der Waals surface area contributed by atoms with Crippen molar-refractivity contribution in [2.75, 3.05) is 24.2 Å². The van der Waals surface area contributed by atoms with Gasteiger partial charge in [0.2, 0.25) is 21.8 Å². The van der Waals surface area contributed by atoms with Gasteiger partial charge in [0.15, 0.2) is 0 Å². The number of nitrogens with one attached hydrogen (secondary N) is 1. The molecule has 0 heterocycles. The molecule has 0 aromatic heterocycles. The third-order valence-electron chi connectivity index (χ3n) is 6.18. The lowest BCUT2D eigenvalue weighted by molar-refractivity contribution is -0.140. The average molecular weight is 621 g/mol. The summed E-state index contributed by atoms with van der Waals surface area (Å²) in [6, 6.07) is 19.6. The van der Waals surface area contributed by atoms with Crippen LogP contribution < -0.4 is 14.4 Å². The third-order valence-corrected chi connectivity index (χ3v) is 8.03. The second-order valence-corrected chi connectivity index (χ2v) is 13.4. The summed E-state index contributed by atoms with van der Waals surface area (Å²) in [5.74, 6) is -0.584. The Morgan fingerprint density at radius 3 is 2.12 bits per heavy atom. The molecule has 0 aliphatic carbocycles. The van der Waals surface area contributed by atoms with Crippen molar-refractivity contribution in [1.82, 2.24) is 10.2 Å². The van der Waals surface area contributed by atoms with Gasteiger partial charge in [0.05, 0.1) is 19.1 Å². The van der Waals surface area contributed by atoms with Gasteiger partial charge in [0, 0.05) is 40.2 Å². The molecule has 41 heavy (non-hydrogen) atoms. The highest BCUT2D eigenvalue weighted by Gasteiger charge is 2.35. The van der Waals surface area contributed by atoms with E-state index in [1.54, 1.807) is 36.4 Å². The Labute approximate surface area is 252 Å². The van der Waals surface area contributed by atoms with E-state index in [0.717, 1.165) is 16.1 Å². The van der Waals surface area contributed by atoms with Gasteiger partial charge in [0.1, 0.15) is 18.3 Å². The first-order valence-corrected chi connectivity index (χ1v) is 15.5. The Morgan fingerprint density at radius 2 is 1.56 bits per heavy atom. The minimum atomic E-state index is -3.92. The molecule has 3 aromatic carbocycles. The number of carbonyl (C=O) groups is 2. The highest BCUT2D eigenvalue weighted by molar-refractivity contribution is 7.92. The maximum atomic E-state index is 14.2. The Balaban J connectivity index is 2.13. The number of halogens is 2. The van der Waals surface area contributed by atoms with Gasteiger partial charge >= 0.3 is 0 Å². The predicted octanol–water partition coefficient (Wildman–Crippen LogP) is 5.32. The fourth-order valence-corrected chi connectivity index (χ4v) is 5.60. The Morgan fingerprint density at radius 1 is 0.951 bits per heavy atom. The van der Waals surface area contributed by atoms with Crippen molar-refractivity contribution in [2.24, 2.45) is 0 Å². The van der Waals surface area contributed by atoms with Gasteiger partial charge < -0.3 is 15.0 Å². The Hall–Kier alpha value is -3.27. The van der Waals surface area contributed by atoms with E-state index in [2.05, 4.69) is 5.32 Å². The van der Waals surface area contributed by atoms with Crippen molar-refractivity contribution >= 4 is 50.7 Å². The normalized spacial score (nSPS) is 12.4. The third kappa shape index (κ3) is 9.11. The van der Waals surface area contributed by atoms with Crippen LogP contribution in [-0.2, 0) is 32.6 Å². The van der Waals surface area contributed by atoms with E-state index in [-0.39, 0.29) is 18.7 Å². The van der Waals surface area contributed by atoms with E-state index in [4.69, 9.17) is 27.9 Å². The second-order valence-electron chi connectivity index (χ2n) is 10.6. The van der Waals surface area contributed by atoms with E-state index in [0.29, 0.717) is 21.4 Å². The van der Waals surface area contributed by atoms with Crippen molar-refractivity contribution in [1.29, 1.82) is 0 Å². The molecular weight excluding hydrogens is 585 g/mol. The van der Waals surface area contributed by atoms with Gasteiger partial charge in [-0.3, -0.25) is 13.9 Å². The smallest absolute Gasteiger partial charge is 0.244 e. The molecule has 8 nitrogen and oxygen atoms in total. The molecule has 0 bridgehead atoms. The van der Waals surface area contributed by atoms with Crippen LogP contribution in [0.15, 0.2) is 72.8 Å². The minimum Gasteiger partial charge on any atom is -0.497 e. The molecule has 1 N–H and O–H groups in total. The van der Waals surface area contributed by atoms with E-state index >= 15 is 0 Å². The summed E-state index contributed by atoms with van der Waals surface area (Å²) in [5, 5.41) is 3.61. The highest BCUT2D eigenvalue weighted by atomic mass is 35.5. The van der Waals surface area contributed by atoms with Crippen LogP contribution in [0.5, 0.6) is 5.75 Å². The van der Waals surface area contributed by atoms with Crippen molar-refractivity contribution in [2.45, 2.75) is 45.3 Å². The fraction of sp³-hybridized carbons (Fsp3) is 0.333. The number of hydrogen-bond acceptors (Lipinski definition) is 5. The summed E-state index contributed by atoms with van der Waals surface area (Å²) in [5.41, 5.74) is 0.910. The largest absolute Gasteiger partial charge is 0.497 e. The van der Waals surface area contributed by atoms with Crippen LogP contribution in [0.4, 0.5) is 5.69 Å². The van der Waals surface area contributed by atoms with Crippen LogP contribution in [0.25, 0.3) is 0 Å². The number of nitrogens with zero attached hydrogens (tertiary/aromatic N) is 2. The van der Waals surface area contributed by atoms with E-state index < -0.39 is 40.0 Å². The maximum Gasteiger partial charge on any atom is 0.244 e. The second kappa shape index (κ2) is 13.6. The number of sulfonamides is 1. The summed E-state index contributed by atoms with van der Waals surface area (Å²) in [4.78, 5) is 29.3. The van der Waals surface area contributed by atoms with E-state index in [1.807, 2.05) is 51.1 Å². The monoisotopic (exact) mass is 619 g/mol. The summed E-state index contributed by atoms with van der Waals surface area (Å²) < 4.78 is 32.1. The first kappa shape index (κ1) is 32.2. The molecule has 1 unspecified atom stereocenters. The molecule has 3 aromatic rings. The summed E-state index contributed by atoms with van der Waals surface area (Å²) in [6.45, 7) is 4.84. The van der Waals surface area contributed by atoms with E-state index in [1.165, 1.54) is 18.1 Å². The summed E-state index contributed by atoms with van der Waals surface area (Å²) >= 11 is 13.0. The molecule has 2 amide bonds. The summed E-state index contributed by atoms with van der Waals surface area (Å²) in [6.07, 6.45) is 1.19. The molecule has 0 spiro atoms. The Bertz CT molecular complexity index is 1460. The highest BCUT2D eigenvalue weighted by Crippen LogP contribution is 2.28. The predicted molar refractivity (Wildman–Crippen MR) is 164 cm³/mol. The standard InChI is InChI=1S/C30H35Cl2N3O5S/c1-30(2,3)33-29(37)27(17-21-11-7-6-8-12-21)34(19-24-25(31)15-10-16-26(24)32)28(36)20-35(41(5,38)39)22-13-9-14-23(18-22)40-4/h6-16,18,27H,17,19-20H2,1-5H3,(H,33,37). The molecule has 0 aliphatic rings. The number of amides is 2. The molecular formula is C30H35Cl2N3O5S. The first-order valence-electron chi connectivity index (χ1n) is 12.9. The molecule has 11 heteroatoms. The molecule has 0 fully saturated rings. The quantitative estimate of drug-likeness (QED) is 0.313. The maximum absolute atomic E-state index is 14.2. The van der Waals surface area contributed by atoms with Gasteiger partial charge in [-0.1, -0.05) is 65.7 Å². The number of methoxy groups -OCH3 is 1. The molecule has 3 rings (SSSR count). The molecule has 0 saturated heterocycles. The van der Waals surface area contributed by atoms with Crippen molar-refractivity contribution in [3.63, 3.8) is 0 Å². The minimum absolute atomic E-state index is 0.123. The van der Waals surface area contributed by atoms with Crippen LogP contribution in [-0.4, -0.2) is 56.6 Å². The first-order chi connectivity index (χ1) is 19.2. The molecule has 0 radical (unpaired) electrons. The number of anilines is 1. The lowest BCUT2D eigenvalue weighted by Gasteiger charge is -2.35. The molecule has 220 valence electrons. The average Bonchev–Trinajstić information content (AvgIpc) is 2.89. The fourth-order valence-electron chi connectivity index (χ4n) is 4.24. The molecule has 0 saturated carbocycles. The molecule has 0 aliphatic heterocycles. The van der Waals surface area contributed by atoms with Crippen molar-refractivity contribution in [3.05, 3.63) is 94.0 Å². The summed E-state index contributed by atoms with van der Waals surface area (Å²) in [7, 11) is -2.45. The number of benzene rings is 3. The topological polar surface area (TPSA) is 96.0 Å². The zero-order chi connectivity index (χ0) is 30.4. The van der Waals surface area contributed by atoms with Crippen LogP contribution >= 0.6 is 23.2 Å². The van der Waals surface area contributed by atoms with Crippen LogP contribution in [0.1, 0.15) is 31.9 Å². The van der Waals surface area contributed by atoms with Gasteiger partial charge in [-0.05, 0) is 50.6 Å². The lowest BCUT2D eigenvalue weighted by atomic mass is 10.0. The van der Waals surface area contributed by atoms with Gasteiger partial charge in [0.25, 0.3) is 0 Å². The van der Waals surface area contributed by atoms with Crippen LogP contribution in [0.3, 0.4) is 0 Å². The zero-order valence-corrected chi connectivity index (χ0v) is 26.1. The van der Waals surface area contributed by atoms with Crippen LogP contribution in [0.2, 0.25) is 10.0 Å². The van der Waals surface area contributed by atoms with Gasteiger partial charge in [-0.15, -0.1) is 0 Å². The van der Waals surface area contributed by atoms with Crippen molar-refractivity contribution < 1.29 is 22.7 Å². The number of ether oxygens (including phenoxy) is 1. The zero-order valence-electron chi connectivity index (χ0n) is 23.7. The van der Waals surface area contributed by atoms with Crippen LogP contribution in [0, 0.1) is 0 Å². The van der Waals surface area contributed by atoms with E-state index in [9.17, 15) is 18.0 Å². The number of rotatable bonds is 11. The SMILES string of the molecule is COc1cccc(N(CC(=O)N(Cc2c(Cl)cccc2Cl)C(Cc2ccccc2)C(=O)NC(C)(C)C)S(C)(=O)=O)c1. The lowest BCUT2D eigenvalue weighted by Crippen LogP contribution is -2.56. The van der Waals surface area contributed by atoms with Gasteiger partial charge in [-0.25, -0.2) is 8.42 Å². The molecule has 1 atom stereocenters.